The molecule has 3 amide bonds. The first-order valence-electron chi connectivity index (χ1n) is 18.8. The summed E-state index contributed by atoms with van der Waals surface area (Å²) in [6.07, 6.45) is 6.31. The van der Waals surface area contributed by atoms with Crippen molar-refractivity contribution >= 4 is 85.7 Å². The third kappa shape index (κ3) is 9.88. The average Bonchev–Trinajstić information content (AvgIpc) is 3.21. The van der Waals surface area contributed by atoms with E-state index < -0.39 is 23.5 Å². The van der Waals surface area contributed by atoms with Gasteiger partial charge in [-0.2, -0.15) is 0 Å². The van der Waals surface area contributed by atoms with Crippen molar-refractivity contribution in [2.75, 3.05) is 39.3 Å². The zero-order valence-corrected chi connectivity index (χ0v) is 33.9. The molecule has 0 radical (unpaired) electrons. The number of anilines is 4. The molecule has 0 bridgehead atoms. The van der Waals surface area contributed by atoms with Crippen molar-refractivity contribution < 1.29 is 19.1 Å². The minimum atomic E-state index is -0.600. The van der Waals surface area contributed by atoms with Crippen LogP contribution in [0.4, 0.5) is 27.5 Å². The average molecular weight is 824 g/mol. The van der Waals surface area contributed by atoms with Crippen LogP contribution in [0.3, 0.4) is 0 Å². The second kappa shape index (κ2) is 18.4. The SMILES string of the molecule is CC(C)(C)OC(=O)N1CCCc2ccc(NC(=O)c3c[nH]c4ccccc4c3=O)cc21.ClCCl.O=C(Nc1ccc2c(c1)NCCC2)c1c[nH]c2ccccc2c1=O. The fourth-order valence-electron chi connectivity index (χ4n) is 6.77. The summed E-state index contributed by atoms with van der Waals surface area (Å²) in [6, 6.07) is 25.4. The molecular weight excluding hydrogens is 779 g/mol. The first-order chi connectivity index (χ1) is 27.9. The highest BCUT2D eigenvalue weighted by Crippen LogP contribution is 2.32. The molecule has 0 saturated heterocycles. The smallest absolute Gasteiger partial charge is 0.414 e. The third-order valence-corrected chi connectivity index (χ3v) is 9.45. The van der Waals surface area contributed by atoms with E-state index in [-0.39, 0.29) is 27.3 Å². The molecule has 4 aromatic carbocycles. The Bertz CT molecular complexity index is 2600. The number of para-hydroxylation sites is 2. The Hall–Kier alpha value is -6.11. The number of ether oxygens (including phenoxy) is 1. The van der Waals surface area contributed by atoms with Gasteiger partial charge in [0.1, 0.15) is 16.7 Å². The molecular formula is C44H44Cl2N6O6. The van der Waals surface area contributed by atoms with E-state index in [2.05, 4.69) is 25.9 Å². The number of rotatable bonds is 4. The van der Waals surface area contributed by atoms with E-state index >= 15 is 0 Å². The predicted octanol–water partition coefficient (Wildman–Crippen LogP) is 9.03. The van der Waals surface area contributed by atoms with Crippen molar-refractivity contribution in [3.63, 3.8) is 0 Å². The number of amides is 3. The largest absolute Gasteiger partial charge is 0.443 e. The number of benzene rings is 4. The molecule has 8 rings (SSSR count). The number of aromatic nitrogens is 2. The fraction of sp³-hybridized carbons (Fsp3) is 0.250. The Kier molecular flexibility index (Phi) is 13.2. The lowest BCUT2D eigenvalue weighted by Crippen LogP contribution is -2.39. The van der Waals surface area contributed by atoms with Crippen molar-refractivity contribution in [2.45, 2.75) is 52.1 Å². The summed E-state index contributed by atoms with van der Waals surface area (Å²) in [4.78, 5) is 70.8. The number of aromatic amines is 2. The lowest BCUT2D eigenvalue weighted by atomic mass is 10.0. The van der Waals surface area contributed by atoms with Gasteiger partial charge in [-0.3, -0.25) is 24.1 Å². The number of alkyl halides is 2. The van der Waals surface area contributed by atoms with Crippen molar-refractivity contribution in [3.05, 3.63) is 140 Å². The number of pyridine rings is 2. The first-order valence-corrected chi connectivity index (χ1v) is 19.9. The van der Waals surface area contributed by atoms with Gasteiger partial charge in [-0.25, -0.2) is 4.79 Å². The van der Waals surface area contributed by atoms with Crippen molar-refractivity contribution in [1.82, 2.24) is 9.97 Å². The quantitative estimate of drug-likeness (QED) is 0.111. The summed E-state index contributed by atoms with van der Waals surface area (Å²) in [5.74, 6) is -0.913. The van der Waals surface area contributed by atoms with Gasteiger partial charge < -0.3 is 30.7 Å². The Morgan fingerprint density at radius 1 is 0.724 bits per heavy atom. The minimum absolute atomic E-state index is 0.0282. The van der Waals surface area contributed by atoms with Crippen LogP contribution >= 0.6 is 23.2 Å². The number of hydrogen-bond acceptors (Lipinski definition) is 7. The number of carbonyl (C=O) groups is 3. The number of carbonyl (C=O) groups excluding carboxylic acids is 3. The molecule has 4 heterocycles. The van der Waals surface area contributed by atoms with Gasteiger partial charge in [0.25, 0.3) is 11.8 Å². The molecule has 0 unspecified atom stereocenters. The molecule has 2 aliphatic heterocycles. The van der Waals surface area contributed by atoms with Crippen molar-refractivity contribution in [1.29, 1.82) is 0 Å². The highest BCUT2D eigenvalue weighted by Gasteiger charge is 2.28. The molecule has 2 aromatic heterocycles. The monoisotopic (exact) mass is 822 g/mol. The Balaban J connectivity index is 0.000000188. The van der Waals surface area contributed by atoms with Gasteiger partial charge in [-0.1, -0.05) is 36.4 Å². The van der Waals surface area contributed by atoms with Gasteiger partial charge in [0.2, 0.25) is 10.9 Å². The van der Waals surface area contributed by atoms with Crippen LogP contribution < -0.4 is 31.7 Å². The maximum atomic E-state index is 12.8. The lowest BCUT2D eigenvalue weighted by molar-refractivity contribution is 0.0577. The van der Waals surface area contributed by atoms with Crippen LogP contribution in [0, 0.1) is 0 Å². The number of fused-ring (bicyclic) bond motifs is 4. The molecule has 2 aliphatic rings. The molecule has 300 valence electrons. The van der Waals surface area contributed by atoms with Crippen LogP contribution in [0.15, 0.2) is 107 Å². The van der Waals surface area contributed by atoms with Crippen LogP contribution in [-0.2, 0) is 17.6 Å². The van der Waals surface area contributed by atoms with Gasteiger partial charge in [0, 0.05) is 64.4 Å². The number of hydrogen-bond donors (Lipinski definition) is 5. The van der Waals surface area contributed by atoms with Gasteiger partial charge in [-0.15, -0.1) is 23.2 Å². The van der Waals surface area contributed by atoms with Crippen LogP contribution in [0.25, 0.3) is 21.8 Å². The number of H-pyrrole nitrogens is 2. The summed E-state index contributed by atoms with van der Waals surface area (Å²) in [5.41, 5.74) is 5.55. The molecule has 0 fully saturated rings. The van der Waals surface area contributed by atoms with E-state index in [0.29, 0.717) is 39.9 Å². The topological polar surface area (TPSA) is 165 Å². The summed E-state index contributed by atoms with van der Waals surface area (Å²) in [6.45, 7) is 6.97. The van der Waals surface area contributed by atoms with Crippen LogP contribution in [0.1, 0.15) is 65.5 Å². The van der Waals surface area contributed by atoms with Crippen LogP contribution in [-0.4, -0.2) is 51.9 Å². The molecule has 0 aliphatic carbocycles. The molecule has 58 heavy (non-hydrogen) atoms. The van der Waals surface area contributed by atoms with Gasteiger partial charge in [0.05, 0.1) is 11.0 Å². The summed E-state index contributed by atoms with van der Waals surface area (Å²) in [5, 5.41) is 10.1. The normalized spacial score (nSPS) is 13.0. The maximum absolute atomic E-state index is 12.8. The molecule has 14 heteroatoms. The number of aryl methyl sites for hydroxylation is 2. The summed E-state index contributed by atoms with van der Waals surface area (Å²) < 4.78 is 5.54. The molecule has 12 nitrogen and oxygen atoms in total. The Labute approximate surface area is 344 Å². The molecule has 6 aromatic rings. The number of nitrogens with one attached hydrogen (secondary N) is 5. The zero-order valence-electron chi connectivity index (χ0n) is 32.3. The van der Waals surface area contributed by atoms with E-state index in [4.69, 9.17) is 27.9 Å². The van der Waals surface area contributed by atoms with E-state index in [1.807, 2.05) is 63.2 Å². The second-order valence-corrected chi connectivity index (χ2v) is 15.5. The van der Waals surface area contributed by atoms with Crippen LogP contribution in [0.5, 0.6) is 0 Å². The standard InChI is InChI=1S/C24H25N3O4.C19H17N3O2.CH2Cl2/c1-24(2,3)31-23(30)27-12-6-7-15-10-11-16(13-20(15)27)26-22(29)18-14-25-19-9-5-4-8-17(19)21(18)28;23-18-14-5-1-2-6-16(14)21-11-15(18)19(24)22-13-8-7-12-4-3-9-20-17(12)10-13;2-1-3/h4-5,8-11,13-14H,6-7,12H2,1-3H3,(H,25,28)(H,26,29);1-2,5-8,10-11,20H,3-4,9H2,(H,21,23)(H,22,24);1H2. The van der Waals surface area contributed by atoms with Gasteiger partial charge >= 0.3 is 6.09 Å². The van der Waals surface area contributed by atoms with Crippen molar-refractivity contribution in [3.8, 4) is 0 Å². The minimum Gasteiger partial charge on any atom is -0.443 e. The number of nitrogens with zero attached hydrogens (tertiary/aromatic N) is 1. The third-order valence-electron chi connectivity index (χ3n) is 9.45. The van der Waals surface area contributed by atoms with Crippen LogP contribution in [0.2, 0.25) is 0 Å². The zero-order chi connectivity index (χ0) is 41.4. The Morgan fingerprint density at radius 3 is 1.81 bits per heavy atom. The van der Waals surface area contributed by atoms with Gasteiger partial charge in [0.15, 0.2) is 0 Å². The molecule has 0 saturated carbocycles. The lowest BCUT2D eigenvalue weighted by Gasteiger charge is -2.32. The predicted molar refractivity (Wildman–Crippen MR) is 233 cm³/mol. The maximum Gasteiger partial charge on any atom is 0.414 e. The highest BCUT2D eigenvalue weighted by molar-refractivity contribution is 6.40. The number of halogens is 2. The second-order valence-electron chi connectivity index (χ2n) is 14.6. The van der Waals surface area contributed by atoms with E-state index in [1.54, 1.807) is 47.4 Å². The first kappa shape index (κ1) is 41.5. The summed E-state index contributed by atoms with van der Waals surface area (Å²) in [7, 11) is 0. The van der Waals surface area contributed by atoms with Crippen molar-refractivity contribution in [2.24, 2.45) is 0 Å². The molecule has 5 N–H and O–H groups in total. The van der Waals surface area contributed by atoms with E-state index in [1.165, 1.54) is 18.0 Å². The molecule has 0 spiro atoms. The highest BCUT2D eigenvalue weighted by atomic mass is 35.5. The van der Waals surface area contributed by atoms with E-state index in [0.717, 1.165) is 49.0 Å². The molecule has 0 atom stereocenters. The summed E-state index contributed by atoms with van der Waals surface area (Å²) >= 11 is 9.53. The van der Waals surface area contributed by atoms with E-state index in [9.17, 15) is 24.0 Å². The fourth-order valence-corrected chi connectivity index (χ4v) is 6.77. The van der Waals surface area contributed by atoms with Gasteiger partial charge in [-0.05, 0) is 106 Å². The Morgan fingerprint density at radius 2 is 1.24 bits per heavy atom.